The minimum atomic E-state index is 0.0916. The van der Waals surface area contributed by atoms with E-state index in [1.165, 1.54) is 5.69 Å². The van der Waals surface area contributed by atoms with Gasteiger partial charge in [0, 0.05) is 29.9 Å². The van der Waals surface area contributed by atoms with E-state index in [1.807, 2.05) is 13.1 Å². The molecule has 1 aromatic carbocycles. The maximum Gasteiger partial charge on any atom is 0.162 e. The number of ether oxygens (including phenoxy) is 2. The third-order valence-corrected chi connectivity index (χ3v) is 4.22. The fourth-order valence-electron chi connectivity index (χ4n) is 3.04. The van der Waals surface area contributed by atoms with Gasteiger partial charge < -0.3 is 19.7 Å². The van der Waals surface area contributed by atoms with E-state index in [9.17, 15) is 0 Å². The summed E-state index contributed by atoms with van der Waals surface area (Å²) >= 11 is 0. The molecule has 1 N–H and O–H groups in total. The van der Waals surface area contributed by atoms with Crippen LogP contribution in [0.3, 0.4) is 0 Å². The van der Waals surface area contributed by atoms with Gasteiger partial charge in [0.1, 0.15) is 0 Å². The average molecular weight is 264 g/mol. The maximum atomic E-state index is 5.39. The molecule has 0 saturated carbocycles. The van der Waals surface area contributed by atoms with Crippen LogP contribution < -0.4 is 19.7 Å². The Bertz CT molecular complexity index is 446. The minimum absolute atomic E-state index is 0.0916. The van der Waals surface area contributed by atoms with Crippen LogP contribution in [-0.2, 0) is 0 Å². The van der Waals surface area contributed by atoms with E-state index in [0.717, 1.165) is 24.5 Å². The molecule has 1 heterocycles. The van der Waals surface area contributed by atoms with Crippen LogP contribution in [0, 0.1) is 0 Å². The predicted octanol–water partition coefficient (Wildman–Crippen LogP) is 2.28. The van der Waals surface area contributed by atoms with E-state index >= 15 is 0 Å². The lowest BCUT2D eigenvalue weighted by atomic mass is 9.95. The van der Waals surface area contributed by atoms with Crippen molar-refractivity contribution in [1.29, 1.82) is 0 Å². The van der Waals surface area contributed by atoms with Gasteiger partial charge in [-0.25, -0.2) is 0 Å². The Balaban J connectivity index is 2.32. The van der Waals surface area contributed by atoms with Crippen LogP contribution in [-0.4, -0.2) is 39.4 Å². The van der Waals surface area contributed by atoms with E-state index in [2.05, 4.69) is 36.2 Å². The molecule has 1 saturated heterocycles. The monoisotopic (exact) mass is 264 g/mol. The van der Waals surface area contributed by atoms with Gasteiger partial charge in [-0.3, -0.25) is 0 Å². The Morgan fingerprint density at radius 1 is 1.21 bits per heavy atom. The Kier molecular flexibility index (Phi) is 3.90. The number of nitrogens with zero attached hydrogens (tertiary/aromatic N) is 1. The van der Waals surface area contributed by atoms with Crippen molar-refractivity contribution in [3.05, 3.63) is 18.2 Å². The summed E-state index contributed by atoms with van der Waals surface area (Å²) < 4.78 is 10.7. The minimum Gasteiger partial charge on any atom is -0.493 e. The summed E-state index contributed by atoms with van der Waals surface area (Å²) in [7, 11) is 5.37. The molecule has 0 spiro atoms. The molecule has 1 fully saturated rings. The van der Waals surface area contributed by atoms with Crippen LogP contribution in [0.5, 0.6) is 11.5 Å². The van der Waals surface area contributed by atoms with Gasteiger partial charge in [-0.2, -0.15) is 0 Å². The molecule has 1 atom stereocenters. The first-order chi connectivity index (χ1) is 9.04. The van der Waals surface area contributed by atoms with Crippen molar-refractivity contribution in [3.8, 4) is 11.5 Å². The first-order valence-corrected chi connectivity index (χ1v) is 6.71. The van der Waals surface area contributed by atoms with Crippen molar-refractivity contribution in [2.45, 2.75) is 31.8 Å². The molecule has 0 bridgehead atoms. The molecule has 1 aromatic rings. The van der Waals surface area contributed by atoms with Crippen molar-refractivity contribution in [2.75, 3.05) is 32.7 Å². The molecule has 2 rings (SSSR count). The largest absolute Gasteiger partial charge is 0.493 e. The van der Waals surface area contributed by atoms with E-state index in [4.69, 9.17) is 9.47 Å². The summed E-state index contributed by atoms with van der Waals surface area (Å²) in [5, 5.41) is 3.41. The molecule has 19 heavy (non-hydrogen) atoms. The van der Waals surface area contributed by atoms with Gasteiger partial charge in [0.2, 0.25) is 0 Å². The Labute approximate surface area is 115 Å². The van der Waals surface area contributed by atoms with Gasteiger partial charge in [-0.05, 0) is 39.4 Å². The van der Waals surface area contributed by atoms with Crippen LogP contribution in [0.15, 0.2) is 18.2 Å². The third kappa shape index (κ3) is 2.37. The topological polar surface area (TPSA) is 33.7 Å². The summed E-state index contributed by atoms with van der Waals surface area (Å²) in [6.45, 7) is 5.60. The first kappa shape index (κ1) is 14.0. The van der Waals surface area contributed by atoms with Crippen LogP contribution in [0.1, 0.15) is 20.3 Å². The number of nitrogens with one attached hydrogen (secondary N) is 1. The number of methoxy groups -OCH3 is 2. The third-order valence-electron chi connectivity index (χ3n) is 4.22. The van der Waals surface area contributed by atoms with Gasteiger partial charge in [-0.1, -0.05) is 0 Å². The molecule has 0 aliphatic carbocycles. The van der Waals surface area contributed by atoms with Gasteiger partial charge >= 0.3 is 0 Å². The smallest absolute Gasteiger partial charge is 0.162 e. The number of hydrogen-bond donors (Lipinski definition) is 1. The molecule has 0 amide bonds. The molecule has 0 aromatic heterocycles. The van der Waals surface area contributed by atoms with Crippen molar-refractivity contribution >= 4 is 5.69 Å². The van der Waals surface area contributed by atoms with Crippen molar-refractivity contribution in [1.82, 2.24) is 5.32 Å². The highest BCUT2D eigenvalue weighted by Gasteiger charge is 2.40. The second kappa shape index (κ2) is 5.29. The molecule has 106 valence electrons. The normalized spacial score (nSPS) is 21.5. The van der Waals surface area contributed by atoms with Crippen LogP contribution in [0.2, 0.25) is 0 Å². The Morgan fingerprint density at radius 2 is 1.89 bits per heavy atom. The van der Waals surface area contributed by atoms with Crippen LogP contribution >= 0.6 is 0 Å². The maximum absolute atomic E-state index is 5.39. The van der Waals surface area contributed by atoms with E-state index < -0.39 is 0 Å². The summed E-state index contributed by atoms with van der Waals surface area (Å²) in [4.78, 5) is 2.43. The van der Waals surface area contributed by atoms with Crippen LogP contribution in [0.4, 0.5) is 5.69 Å². The zero-order valence-corrected chi connectivity index (χ0v) is 12.5. The summed E-state index contributed by atoms with van der Waals surface area (Å²) in [6, 6.07) is 6.62. The summed E-state index contributed by atoms with van der Waals surface area (Å²) in [5.41, 5.74) is 1.27. The highest BCUT2D eigenvalue weighted by molar-refractivity contribution is 5.58. The lowest BCUT2D eigenvalue weighted by molar-refractivity contribution is 0.354. The number of rotatable bonds is 4. The van der Waals surface area contributed by atoms with Gasteiger partial charge in [0.15, 0.2) is 11.5 Å². The molecule has 1 aliphatic rings. The predicted molar refractivity (Wildman–Crippen MR) is 78.4 cm³/mol. The SMILES string of the molecule is CNC1CCN(c2ccc(OC)c(OC)c2)C1(C)C. The van der Waals surface area contributed by atoms with Gasteiger partial charge in [0.05, 0.1) is 14.2 Å². The second-order valence-corrected chi connectivity index (χ2v) is 5.47. The molecule has 4 nitrogen and oxygen atoms in total. The highest BCUT2D eigenvalue weighted by atomic mass is 16.5. The van der Waals surface area contributed by atoms with Gasteiger partial charge in [0.25, 0.3) is 0 Å². The first-order valence-electron chi connectivity index (χ1n) is 6.71. The highest BCUT2D eigenvalue weighted by Crippen LogP contribution is 2.38. The van der Waals surface area contributed by atoms with E-state index in [-0.39, 0.29) is 5.54 Å². The van der Waals surface area contributed by atoms with Crippen molar-refractivity contribution in [2.24, 2.45) is 0 Å². The second-order valence-electron chi connectivity index (χ2n) is 5.47. The molecular weight excluding hydrogens is 240 g/mol. The van der Waals surface area contributed by atoms with Crippen molar-refractivity contribution < 1.29 is 9.47 Å². The average Bonchev–Trinajstić information content (AvgIpc) is 2.72. The molecule has 0 radical (unpaired) electrons. The van der Waals surface area contributed by atoms with E-state index in [1.54, 1.807) is 14.2 Å². The van der Waals surface area contributed by atoms with Gasteiger partial charge in [-0.15, -0.1) is 0 Å². The zero-order valence-electron chi connectivity index (χ0n) is 12.5. The lowest BCUT2D eigenvalue weighted by Gasteiger charge is -2.37. The fourth-order valence-corrected chi connectivity index (χ4v) is 3.04. The number of likely N-dealkylation sites (N-methyl/N-ethyl adjacent to an activating group) is 1. The quantitative estimate of drug-likeness (QED) is 0.904. The summed E-state index contributed by atoms with van der Waals surface area (Å²) in [6.07, 6.45) is 1.15. The summed E-state index contributed by atoms with van der Waals surface area (Å²) in [5.74, 6) is 1.55. The van der Waals surface area contributed by atoms with Crippen LogP contribution in [0.25, 0.3) is 0 Å². The Hall–Kier alpha value is -1.42. The number of anilines is 1. The molecule has 1 unspecified atom stereocenters. The fraction of sp³-hybridized carbons (Fsp3) is 0.600. The molecule has 4 heteroatoms. The Morgan fingerprint density at radius 3 is 2.42 bits per heavy atom. The molecular formula is C15H24N2O2. The number of benzene rings is 1. The number of hydrogen-bond acceptors (Lipinski definition) is 4. The lowest BCUT2D eigenvalue weighted by Crippen LogP contribution is -2.50. The molecule has 1 aliphatic heterocycles. The van der Waals surface area contributed by atoms with Crippen molar-refractivity contribution in [3.63, 3.8) is 0 Å². The van der Waals surface area contributed by atoms with E-state index in [0.29, 0.717) is 6.04 Å². The zero-order chi connectivity index (χ0) is 14.0. The standard InChI is InChI=1S/C15H24N2O2/c1-15(2)14(16-3)8-9-17(15)11-6-7-12(18-4)13(10-11)19-5/h6-7,10,14,16H,8-9H2,1-5H3.